The van der Waals surface area contributed by atoms with Gasteiger partial charge in [0.2, 0.25) is 0 Å². The Morgan fingerprint density at radius 2 is 2.12 bits per heavy atom. The van der Waals surface area contributed by atoms with Crippen LogP contribution in [0.3, 0.4) is 0 Å². The Bertz CT molecular complexity index is 630. The van der Waals surface area contributed by atoms with Crippen LogP contribution in [-0.4, -0.2) is 9.78 Å². The first-order valence-electron chi connectivity index (χ1n) is 4.43. The zero-order valence-electron chi connectivity index (χ0n) is 8.28. The molecule has 0 amide bonds. The monoisotopic (exact) mass is 254 g/mol. The van der Waals surface area contributed by atoms with Gasteiger partial charge >= 0.3 is 0 Å². The molecule has 0 atom stereocenters. The lowest BCUT2D eigenvalue weighted by atomic mass is 10.3. The summed E-state index contributed by atoms with van der Waals surface area (Å²) in [5.74, 6) is -1.89. The molecule has 0 fully saturated rings. The highest BCUT2D eigenvalue weighted by Crippen LogP contribution is 2.26. The van der Waals surface area contributed by atoms with Gasteiger partial charge in [-0.25, -0.2) is 13.5 Å². The van der Waals surface area contributed by atoms with Crippen molar-refractivity contribution in [3.63, 3.8) is 0 Å². The van der Waals surface area contributed by atoms with Crippen LogP contribution >= 0.6 is 11.6 Å². The molecule has 0 spiro atoms. The molecule has 0 saturated carbocycles. The summed E-state index contributed by atoms with van der Waals surface area (Å²) in [6, 6.07) is 3.93. The average Bonchev–Trinajstić information content (AvgIpc) is 2.68. The third-order valence-electron chi connectivity index (χ3n) is 2.17. The van der Waals surface area contributed by atoms with Crippen LogP contribution < -0.4 is 5.73 Å². The summed E-state index contributed by atoms with van der Waals surface area (Å²) < 4.78 is 27.6. The summed E-state index contributed by atoms with van der Waals surface area (Å²) in [5.41, 5.74) is 5.56. The number of nitrogen functional groups attached to an aromatic ring is 1. The summed E-state index contributed by atoms with van der Waals surface area (Å²) >= 11 is 5.43. The van der Waals surface area contributed by atoms with Gasteiger partial charge in [0.05, 0.1) is 6.20 Å². The lowest BCUT2D eigenvalue weighted by Gasteiger charge is -2.06. The molecule has 0 unspecified atom stereocenters. The van der Waals surface area contributed by atoms with Gasteiger partial charge in [-0.2, -0.15) is 10.4 Å². The van der Waals surface area contributed by atoms with Crippen molar-refractivity contribution in [2.45, 2.75) is 0 Å². The normalized spacial score (nSPS) is 10.2. The predicted molar refractivity (Wildman–Crippen MR) is 57.6 cm³/mol. The van der Waals surface area contributed by atoms with Crippen molar-refractivity contribution in [2.24, 2.45) is 0 Å². The zero-order valence-corrected chi connectivity index (χ0v) is 9.04. The minimum atomic E-state index is -0.981. The highest BCUT2D eigenvalue weighted by Gasteiger charge is 2.16. The Morgan fingerprint density at radius 1 is 1.41 bits per heavy atom. The second kappa shape index (κ2) is 4.03. The van der Waals surface area contributed by atoms with Gasteiger partial charge in [-0.3, -0.25) is 0 Å². The van der Waals surface area contributed by atoms with Crippen molar-refractivity contribution in [3.8, 4) is 11.8 Å². The Morgan fingerprint density at radius 3 is 2.71 bits per heavy atom. The maximum atomic E-state index is 13.7. The quantitative estimate of drug-likeness (QED) is 0.794. The molecule has 2 N–H and O–H groups in total. The summed E-state index contributed by atoms with van der Waals surface area (Å²) in [7, 11) is 0. The van der Waals surface area contributed by atoms with Crippen molar-refractivity contribution >= 4 is 17.4 Å². The number of nitrogens with zero attached hydrogens (tertiary/aromatic N) is 3. The van der Waals surface area contributed by atoms with E-state index in [1.165, 1.54) is 6.20 Å². The van der Waals surface area contributed by atoms with Gasteiger partial charge in [-0.1, -0.05) is 11.6 Å². The smallest absolute Gasteiger partial charge is 0.170 e. The van der Waals surface area contributed by atoms with Crippen LogP contribution in [0.1, 0.15) is 5.56 Å². The van der Waals surface area contributed by atoms with Gasteiger partial charge < -0.3 is 5.73 Å². The van der Waals surface area contributed by atoms with Crippen molar-refractivity contribution in [1.82, 2.24) is 9.78 Å². The molecule has 0 bridgehead atoms. The number of anilines is 1. The van der Waals surface area contributed by atoms with Gasteiger partial charge in [0, 0.05) is 0 Å². The van der Waals surface area contributed by atoms with E-state index >= 15 is 0 Å². The number of nitrogens with two attached hydrogens (primary N) is 1. The summed E-state index contributed by atoms with van der Waals surface area (Å²) in [5, 5.41) is 11.8. The van der Waals surface area contributed by atoms with Crippen LogP contribution in [0, 0.1) is 23.0 Å². The molecular weight excluding hydrogens is 250 g/mol. The van der Waals surface area contributed by atoms with Crippen LogP contribution in [-0.2, 0) is 0 Å². The topological polar surface area (TPSA) is 67.6 Å². The minimum absolute atomic E-state index is 0.0333. The summed E-state index contributed by atoms with van der Waals surface area (Å²) in [6.07, 6.45) is 1.19. The maximum Gasteiger partial charge on any atom is 0.170 e. The SMILES string of the molecule is N#Cc1cnn(-c2ccc(F)c(Cl)c2F)c1N. The van der Waals surface area contributed by atoms with Crippen LogP contribution in [0.25, 0.3) is 5.69 Å². The fourth-order valence-corrected chi connectivity index (χ4v) is 1.48. The van der Waals surface area contributed by atoms with E-state index in [9.17, 15) is 8.78 Å². The molecule has 0 aliphatic heterocycles. The van der Waals surface area contributed by atoms with E-state index in [1.54, 1.807) is 6.07 Å². The van der Waals surface area contributed by atoms with Crippen molar-refractivity contribution in [1.29, 1.82) is 5.26 Å². The number of benzene rings is 1. The Hall–Kier alpha value is -2.13. The molecule has 0 aliphatic carbocycles. The van der Waals surface area contributed by atoms with Crippen LogP contribution in [0.2, 0.25) is 5.02 Å². The van der Waals surface area contributed by atoms with Crippen molar-refractivity contribution in [2.75, 3.05) is 5.73 Å². The highest BCUT2D eigenvalue weighted by atomic mass is 35.5. The predicted octanol–water partition coefficient (Wildman–Crippen LogP) is 2.26. The molecule has 2 rings (SSSR count). The molecular formula is C10H5ClF2N4. The molecule has 0 saturated heterocycles. The summed E-state index contributed by atoms with van der Waals surface area (Å²) in [4.78, 5) is 0. The number of aromatic nitrogens is 2. The van der Waals surface area contributed by atoms with E-state index in [2.05, 4.69) is 5.10 Å². The molecule has 7 heteroatoms. The molecule has 86 valence electrons. The molecule has 0 aliphatic rings. The van der Waals surface area contributed by atoms with E-state index in [-0.39, 0.29) is 17.1 Å². The first-order valence-corrected chi connectivity index (χ1v) is 4.81. The number of rotatable bonds is 1. The third-order valence-corrected chi connectivity index (χ3v) is 2.52. The van der Waals surface area contributed by atoms with Crippen molar-refractivity contribution < 1.29 is 8.78 Å². The number of hydrogen-bond acceptors (Lipinski definition) is 3. The molecule has 17 heavy (non-hydrogen) atoms. The number of hydrogen-bond donors (Lipinski definition) is 1. The van der Waals surface area contributed by atoms with Crippen LogP contribution in [0.5, 0.6) is 0 Å². The molecule has 4 nitrogen and oxygen atoms in total. The fraction of sp³-hybridized carbons (Fsp3) is 0. The van der Waals surface area contributed by atoms with E-state index in [4.69, 9.17) is 22.6 Å². The Labute approximate surface area is 99.8 Å². The lowest BCUT2D eigenvalue weighted by molar-refractivity contribution is 0.575. The second-order valence-electron chi connectivity index (χ2n) is 3.16. The van der Waals surface area contributed by atoms with Gasteiger partial charge in [0.1, 0.15) is 34.0 Å². The number of nitriles is 1. The maximum absolute atomic E-state index is 13.7. The molecule has 1 aromatic carbocycles. The average molecular weight is 255 g/mol. The number of halogens is 3. The van der Waals surface area contributed by atoms with Gasteiger partial charge in [0.15, 0.2) is 5.82 Å². The second-order valence-corrected chi connectivity index (χ2v) is 3.54. The van der Waals surface area contributed by atoms with Gasteiger partial charge in [0.25, 0.3) is 0 Å². The molecule has 1 aromatic heterocycles. The zero-order chi connectivity index (χ0) is 12.6. The fourth-order valence-electron chi connectivity index (χ4n) is 1.32. The first-order chi connectivity index (χ1) is 8.06. The molecule has 2 aromatic rings. The van der Waals surface area contributed by atoms with Gasteiger partial charge in [-0.15, -0.1) is 0 Å². The van der Waals surface area contributed by atoms with Gasteiger partial charge in [-0.05, 0) is 12.1 Å². The standard InChI is InChI=1S/C10H5ClF2N4/c11-8-6(12)1-2-7(9(8)13)17-10(15)5(3-14)4-16-17/h1-2,4H,15H2. The van der Waals surface area contributed by atoms with Crippen molar-refractivity contribution in [3.05, 3.63) is 40.6 Å². The highest BCUT2D eigenvalue weighted by molar-refractivity contribution is 6.31. The van der Waals surface area contributed by atoms with E-state index < -0.39 is 16.7 Å². The Balaban J connectivity index is 2.66. The van der Waals surface area contributed by atoms with E-state index in [0.717, 1.165) is 16.8 Å². The largest absolute Gasteiger partial charge is 0.382 e. The minimum Gasteiger partial charge on any atom is -0.382 e. The third kappa shape index (κ3) is 1.70. The molecule has 0 radical (unpaired) electrons. The van der Waals surface area contributed by atoms with Crippen LogP contribution in [0.15, 0.2) is 18.3 Å². The van der Waals surface area contributed by atoms with E-state index in [0.29, 0.717) is 0 Å². The lowest BCUT2D eigenvalue weighted by Crippen LogP contribution is -2.05. The summed E-state index contributed by atoms with van der Waals surface area (Å²) in [6.45, 7) is 0. The first kappa shape index (κ1) is 11.4. The molecule has 1 heterocycles. The van der Waals surface area contributed by atoms with Crippen LogP contribution in [0.4, 0.5) is 14.6 Å². The Kier molecular flexibility index (Phi) is 2.69. The van der Waals surface area contributed by atoms with E-state index in [1.807, 2.05) is 0 Å².